The number of aromatic nitrogens is 2. The molecule has 0 aliphatic heterocycles. The van der Waals surface area contributed by atoms with Crippen LogP contribution in [0.5, 0.6) is 0 Å². The first-order valence-corrected chi connectivity index (χ1v) is 5.32. The minimum Gasteiger partial charge on any atom is -0.368 e. The van der Waals surface area contributed by atoms with Gasteiger partial charge in [-0.05, 0) is 19.4 Å². The first-order valence-electron chi connectivity index (χ1n) is 5.32. The molecule has 0 bridgehead atoms. The number of nitrogens with one attached hydrogen (secondary N) is 1. The number of nitrogens with two attached hydrogens (primary N) is 1. The predicted octanol–water partition coefficient (Wildman–Crippen LogP) is 0.557. The second-order valence-electron chi connectivity index (χ2n) is 4.20. The maximum absolute atomic E-state index is 11.3. The molecule has 1 rings (SSSR count). The minimum atomic E-state index is -0.511. The fourth-order valence-corrected chi connectivity index (χ4v) is 1.29. The Morgan fingerprint density at radius 2 is 2.00 bits per heavy atom. The van der Waals surface area contributed by atoms with Crippen LogP contribution >= 0.6 is 0 Å². The van der Waals surface area contributed by atoms with Gasteiger partial charge in [0.25, 0.3) is 0 Å². The zero-order valence-electron chi connectivity index (χ0n) is 9.90. The largest absolute Gasteiger partial charge is 0.368 e. The summed E-state index contributed by atoms with van der Waals surface area (Å²) in [5, 5.41) is 3.10. The quantitative estimate of drug-likeness (QED) is 0.762. The highest BCUT2D eigenvalue weighted by molar-refractivity contribution is 5.81. The lowest BCUT2D eigenvalue weighted by atomic mass is 10.1. The number of carbonyl (C=O) groups excluding carboxylic acids is 1. The monoisotopic (exact) mass is 222 g/mol. The average Bonchev–Trinajstić information content (AvgIpc) is 2.20. The van der Waals surface area contributed by atoms with Crippen molar-refractivity contribution < 1.29 is 4.79 Å². The van der Waals surface area contributed by atoms with Crippen molar-refractivity contribution in [1.29, 1.82) is 0 Å². The van der Waals surface area contributed by atoms with Crippen LogP contribution in [0, 0.1) is 12.8 Å². The minimum absolute atomic E-state index is 0.409. The van der Waals surface area contributed by atoms with Gasteiger partial charge in [0.2, 0.25) is 5.91 Å². The van der Waals surface area contributed by atoms with Crippen LogP contribution in [-0.4, -0.2) is 22.4 Å². The fraction of sp³-hybridized carbons (Fsp3) is 0.545. The number of hydrogen-bond donors (Lipinski definition) is 2. The molecular weight excluding hydrogens is 204 g/mol. The summed E-state index contributed by atoms with van der Waals surface area (Å²) in [4.78, 5) is 19.4. The van der Waals surface area contributed by atoms with Crippen molar-refractivity contribution in [2.45, 2.75) is 26.8 Å². The lowest BCUT2D eigenvalue weighted by Crippen LogP contribution is -2.35. The normalized spacial score (nSPS) is 12.8. The Balaban J connectivity index is 2.77. The molecule has 1 atom stereocenters. The highest BCUT2D eigenvalue weighted by Crippen LogP contribution is 2.10. The van der Waals surface area contributed by atoms with Crippen LogP contribution in [0.3, 0.4) is 0 Å². The molecule has 0 saturated heterocycles. The van der Waals surface area contributed by atoms with Gasteiger partial charge in [0.15, 0.2) is 0 Å². The van der Waals surface area contributed by atoms with Crippen LogP contribution in [0.2, 0.25) is 0 Å². The van der Waals surface area contributed by atoms with Crippen molar-refractivity contribution >= 4 is 5.91 Å². The third-order valence-electron chi connectivity index (χ3n) is 2.15. The van der Waals surface area contributed by atoms with Crippen LogP contribution in [0.15, 0.2) is 12.4 Å². The first kappa shape index (κ1) is 12.6. The molecule has 5 heteroatoms. The molecule has 88 valence electrons. The summed E-state index contributed by atoms with van der Waals surface area (Å²) in [7, 11) is 0. The van der Waals surface area contributed by atoms with Crippen molar-refractivity contribution in [3.8, 4) is 0 Å². The van der Waals surface area contributed by atoms with E-state index in [0.29, 0.717) is 17.3 Å². The number of primary amides is 1. The van der Waals surface area contributed by atoms with Crippen molar-refractivity contribution in [3.63, 3.8) is 0 Å². The molecule has 16 heavy (non-hydrogen) atoms. The number of hydrogen-bond acceptors (Lipinski definition) is 4. The van der Waals surface area contributed by atoms with Crippen molar-refractivity contribution in [2.75, 3.05) is 6.54 Å². The summed E-state index contributed by atoms with van der Waals surface area (Å²) < 4.78 is 0. The van der Waals surface area contributed by atoms with E-state index in [9.17, 15) is 4.79 Å². The van der Waals surface area contributed by atoms with Crippen LogP contribution < -0.4 is 11.1 Å². The van der Waals surface area contributed by atoms with Gasteiger partial charge in [-0.25, -0.2) is 9.97 Å². The van der Waals surface area contributed by atoms with Gasteiger partial charge in [-0.1, -0.05) is 13.8 Å². The van der Waals surface area contributed by atoms with E-state index < -0.39 is 11.9 Å². The molecule has 0 radical (unpaired) electrons. The van der Waals surface area contributed by atoms with E-state index in [1.54, 1.807) is 19.3 Å². The van der Waals surface area contributed by atoms with Crippen molar-refractivity contribution in [3.05, 3.63) is 23.8 Å². The number of carbonyl (C=O) groups is 1. The Bertz CT molecular complexity index is 348. The molecule has 5 nitrogen and oxygen atoms in total. The summed E-state index contributed by atoms with van der Waals surface area (Å²) in [6.45, 7) is 6.65. The van der Waals surface area contributed by atoms with E-state index in [2.05, 4.69) is 29.1 Å². The number of rotatable bonds is 5. The average molecular weight is 222 g/mol. The Hall–Kier alpha value is -1.49. The van der Waals surface area contributed by atoms with E-state index in [-0.39, 0.29) is 0 Å². The lowest BCUT2D eigenvalue weighted by molar-refractivity contribution is -0.120. The highest BCUT2D eigenvalue weighted by Gasteiger charge is 2.17. The molecule has 3 N–H and O–H groups in total. The third-order valence-corrected chi connectivity index (χ3v) is 2.15. The van der Waals surface area contributed by atoms with Gasteiger partial charge in [-0.2, -0.15) is 0 Å². The molecule has 1 heterocycles. The van der Waals surface area contributed by atoms with Gasteiger partial charge in [0.1, 0.15) is 11.9 Å². The molecule has 0 aliphatic carbocycles. The summed E-state index contributed by atoms with van der Waals surface area (Å²) in [6.07, 6.45) is 3.26. The first-order chi connectivity index (χ1) is 7.50. The predicted molar refractivity (Wildman–Crippen MR) is 61.5 cm³/mol. The van der Waals surface area contributed by atoms with Crippen LogP contribution in [0.25, 0.3) is 0 Å². The van der Waals surface area contributed by atoms with E-state index in [4.69, 9.17) is 5.73 Å². The van der Waals surface area contributed by atoms with Crippen LogP contribution in [0.4, 0.5) is 0 Å². The maximum atomic E-state index is 11.3. The molecule has 1 aromatic heterocycles. The molecule has 0 aromatic carbocycles. The van der Waals surface area contributed by atoms with Crippen molar-refractivity contribution in [1.82, 2.24) is 15.3 Å². The molecule has 1 amide bonds. The van der Waals surface area contributed by atoms with Gasteiger partial charge in [-0.3, -0.25) is 4.79 Å². The molecule has 0 fully saturated rings. The van der Waals surface area contributed by atoms with Gasteiger partial charge in [-0.15, -0.1) is 0 Å². The SMILES string of the molecule is Cc1ncc(C(NCC(C)C)C(N)=O)cn1. The Kier molecular flexibility index (Phi) is 4.37. The Morgan fingerprint density at radius 1 is 1.44 bits per heavy atom. The molecule has 1 unspecified atom stereocenters. The molecule has 1 aromatic rings. The van der Waals surface area contributed by atoms with E-state index in [0.717, 1.165) is 6.54 Å². The number of aryl methyl sites for hydroxylation is 1. The van der Waals surface area contributed by atoms with Crippen LogP contribution in [0.1, 0.15) is 31.3 Å². The van der Waals surface area contributed by atoms with E-state index in [1.165, 1.54) is 0 Å². The lowest BCUT2D eigenvalue weighted by Gasteiger charge is -2.16. The summed E-state index contributed by atoms with van der Waals surface area (Å²) in [6, 6.07) is -0.511. The summed E-state index contributed by atoms with van der Waals surface area (Å²) in [5.74, 6) is 0.720. The Morgan fingerprint density at radius 3 is 2.44 bits per heavy atom. The zero-order valence-corrected chi connectivity index (χ0v) is 9.90. The van der Waals surface area contributed by atoms with E-state index >= 15 is 0 Å². The zero-order chi connectivity index (χ0) is 12.1. The molecule has 0 aliphatic rings. The van der Waals surface area contributed by atoms with Crippen molar-refractivity contribution in [2.24, 2.45) is 11.7 Å². The number of amides is 1. The summed E-state index contributed by atoms with van der Waals surface area (Å²) >= 11 is 0. The van der Waals surface area contributed by atoms with Crippen LogP contribution in [-0.2, 0) is 4.79 Å². The van der Waals surface area contributed by atoms with E-state index in [1.807, 2.05) is 0 Å². The van der Waals surface area contributed by atoms with Gasteiger partial charge in [0, 0.05) is 18.0 Å². The second kappa shape index (κ2) is 5.55. The standard InChI is InChI=1S/C11H18N4O/c1-7(2)4-15-10(11(12)16)9-5-13-8(3)14-6-9/h5-7,10,15H,4H2,1-3H3,(H2,12,16). The molecule has 0 saturated carbocycles. The van der Waals surface area contributed by atoms with Gasteiger partial charge in [0.05, 0.1) is 0 Å². The number of nitrogens with zero attached hydrogens (tertiary/aromatic N) is 2. The smallest absolute Gasteiger partial charge is 0.239 e. The fourth-order valence-electron chi connectivity index (χ4n) is 1.29. The second-order valence-corrected chi connectivity index (χ2v) is 4.20. The van der Waals surface area contributed by atoms with Gasteiger partial charge < -0.3 is 11.1 Å². The van der Waals surface area contributed by atoms with Gasteiger partial charge >= 0.3 is 0 Å². The Labute approximate surface area is 95.5 Å². The summed E-state index contributed by atoms with van der Waals surface area (Å²) in [5.41, 5.74) is 6.04. The third kappa shape index (κ3) is 3.58. The molecular formula is C11H18N4O. The topological polar surface area (TPSA) is 80.9 Å². The maximum Gasteiger partial charge on any atom is 0.239 e. The highest BCUT2D eigenvalue weighted by atomic mass is 16.1. The molecule has 0 spiro atoms.